The molecule has 7 nitrogen and oxygen atoms in total. The molecule has 5 rings (SSSR count). The Balaban J connectivity index is 1.55. The average Bonchev–Trinajstić information content (AvgIpc) is 3.41. The lowest BCUT2D eigenvalue weighted by Gasteiger charge is -2.17. The van der Waals surface area contributed by atoms with Crippen LogP contribution < -0.4 is 15.8 Å². The molecule has 0 radical (unpaired) electrons. The van der Waals surface area contributed by atoms with E-state index in [1.165, 1.54) is 35.9 Å². The predicted octanol–water partition coefficient (Wildman–Crippen LogP) is 4.87. The molecule has 0 bridgehead atoms. The number of aromatic nitrogens is 3. The first-order valence-electron chi connectivity index (χ1n) is 11.4. The minimum Gasteiger partial charge on any atom is -0.357 e. The quantitative estimate of drug-likeness (QED) is 0.439. The number of nitrogens with zero attached hydrogens (tertiary/aromatic N) is 4. The standard InChI is InChI=1S/C26H22F3N5O2/c1-33-23(16-6-4-7-17(14-16)26(27,28)29)32-22-19(8-5-9-20(22)25(33)36)24(35)31-18-10-11-30-21(15-18)34-12-2-3-13-34/h4-11,14-15H,2-3,12-13H2,1H3,(H,30,31,35). The summed E-state index contributed by atoms with van der Waals surface area (Å²) in [5.74, 6) is 0.302. The number of pyridine rings is 1. The van der Waals surface area contributed by atoms with Crippen molar-refractivity contribution in [3.8, 4) is 11.4 Å². The van der Waals surface area contributed by atoms with Crippen molar-refractivity contribution in [2.45, 2.75) is 19.0 Å². The van der Waals surface area contributed by atoms with Crippen molar-refractivity contribution in [1.29, 1.82) is 0 Å². The maximum absolute atomic E-state index is 13.3. The van der Waals surface area contributed by atoms with E-state index in [0.29, 0.717) is 5.69 Å². The van der Waals surface area contributed by atoms with E-state index in [1.807, 2.05) is 0 Å². The van der Waals surface area contributed by atoms with Gasteiger partial charge in [0, 0.05) is 43.7 Å². The number of amides is 1. The molecule has 36 heavy (non-hydrogen) atoms. The molecule has 10 heteroatoms. The molecule has 1 fully saturated rings. The highest BCUT2D eigenvalue weighted by atomic mass is 19.4. The third-order valence-electron chi connectivity index (χ3n) is 6.23. The van der Waals surface area contributed by atoms with E-state index in [2.05, 4.69) is 20.2 Å². The first-order chi connectivity index (χ1) is 17.2. The molecule has 0 unspecified atom stereocenters. The van der Waals surface area contributed by atoms with Gasteiger partial charge in [0.25, 0.3) is 11.5 Å². The SMILES string of the molecule is Cn1c(-c2cccc(C(F)(F)F)c2)nc2c(C(=O)Nc3ccnc(N4CCCC4)c3)cccc2c1=O. The predicted molar refractivity (Wildman–Crippen MR) is 131 cm³/mol. The summed E-state index contributed by atoms with van der Waals surface area (Å²) in [6.45, 7) is 1.80. The summed E-state index contributed by atoms with van der Waals surface area (Å²) in [6.07, 6.45) is -0.756. The van der Waals surface area contributed by atoms with E-state index in [1.54, 1.807) is 24.4 Å². The number of fused-ring (bicyclic) bond motifs is 1. The van der Waals surface area contributed by atoms with Gasteiger partial charge in [0.15, 0.2) is 0 Å². The van der Waals surface area contributed by atoms with Crippen LogP contribution in [0.15, 0.2) is 65.6 Å². The Labute approximate surface area is 204 Å². The fourth-order valence-electron chi connectivity index (χ4n) is 4.38. The highest BCUT2D eigenvalue weighted by Crippen LogP contribution is 2.32. The van der Waals surface area contributed by atoms with Gasteiger partial charge in [-0.25, -0.2) is 9.97 Å². The van der Waals surface area contributed by atoms with Crippen molar-refractivity contribution >= 4 is 28.3 Å². The topological polar surface area (TPSA) is 80.1 Å². The molecule has 1 N–H and O–H groups in total. The van der Waals surface area contributed by atoms with Gasteiger partial charge in [-0.3, -0.25) is 14.2 Å². The lowest BCUT2D eigenvalue weighted by atomic mass is 10.1. The van der Waals surface area contributed by atoms with Crippen LogP contribution in [0.25, 0.3) is 22.3 Å². The molecule has 4 aromatic rings. The zero-order valence-corrected chi connectivity index (χ0v) is 19.3. The van der Waals surface area contributed by atoms with E-state index in [9.17, 15) is 22.8 Å². The highest BCUT2D eigenvalue weighted by Gasteiger charge is 2.31. The van der Waals surface area contributed by atoms with E-state index in [4.69, 9.17) is 0 Å². The van der Waals surface area contributed by atoms with Gasteiger partial charge in [-0.15, -0.1) is 0 Å². The minimum atomic E-state index is -4.55. The Hall–Kier alpha value is -4.21. The normalized spacial score (nSPS) is 13.8. The number of alkyl halides is 3. The number of rotatable bonds is 4. The fraction of sp³-hybridized carbons (Fsp3) is 0.231. The number of para-hydroxylation sites is 1. The summed E-state index contributed by atoms with van der Waals surface area (Å²) < 4.78 is 41.0. The van der Waals surface area contributed by atoms with Crippen LogP contribution in [0.2, 0.25) is 0 Å². The van der Waals surface area contributed by atoms with Gasteiger partial charge in [-0.05, 0) is 43.2 Å². The van der Waals surface area contributed by atoms with Gasteiger partial charge < -0.3 is 10.2 Å². The zero-order valence-electron chi connectivity index (χ0n) is 19.3. The molecule has 1 saturated heterocycles. The molecule has 1 amide bonds. The maximum atomic E-state index is 13.3. The second kappa shape index (κ2) is 9.10. The molecule has 3 heterocycles. The molecule has 1 aliphatic rings. The Bertz CT molecular complexity index is 1520. The summed E-state index contributed by atoms with van der Waals surface area (Å²) >= 11 is 0. The van der Waals surface area contributed by atoms with Crippen molar-refractivity contribution in [3.05, 3.63) is 82.3 Å². The second-order valence-electron chi connectivity index (χ2n) is 8.63. The number of carbonyl (C=O) groups excluding carboxylic acids is 1. The number of hydrogen-bond acceptors (Lipinski definition) is 5. The molecule has 2 aromatic carbocycles. The number of benzene rings is 2. The van der Waals surface area contributed by atoms with Crippen molar-refractivity contribution in [2.24, 2.45) is 7.05 Å². The molecular formula is C26H22F3N5O2. The number of halogens is 3. The first-order valence-corrected chi connectivity index (χ1v) is 11.4. The molecule has 1 aliphatic heterocycles. The smallest absolute Gasteiger partial charge is 0.357 e. The van der Waals surface area contributed by atoms with Crippen LogP contribution in [0.3, 0.4) is 0 Å². The molecule has 0 spiro atoms. The van der Waals surface area contributed by atoms with Crippen molar-refractivity contribution in [2.75, 3.05) is 23.3 Å². The monoisotopic (exact) mass is 493 g/mol. The summed E-state index contributed by atoms with van der Waals surface area (Å²) in [7, 11) is 1.44. The summed E-state index contributed by atoms with van der Waals surface area (Å²) in [5, 5.41) is 3.02. The van der Waals surface area contributed by atoms with E-state index < -0.39 is 23.2 Å². The summed E-state index contributed by atoms with van der Waals surface area (Å²) in [4.78, 5) is 37.3. The Morgan fingerprint density at radius 2 is 1.78 bits per heavy atom. The lowest BCUT2D eigenvalue weighted by molar-refractivity contribution is -0.137. The highest BCUT2D eigenvalue weighted by molar-refractivity contribution is 6.12. The van der Waals surface area contributed by atoms with Gasteiger partial charge in [0.05, 0.1) is 22.0 Å². The number of nitrogens with one attached hydrogen (secondary N) is 1. The van der Waals surface area contributed by atoms with Crippen LogP contribution in [0.1, 0.15) is 28.8 Å². The molecule has 2 aromatic heterocycles. The van der Waals surface area contributed by atoms with Crippen LogP contribution in [0.4, 0.5) is 24.7 Å². The van der Waals surface area contributed by atoms with Gasteiger partial charge >= 0.3 is 6.18 Å². The van der Waals surface area contributed by atoms with Gasteiger partial charge in [0.2, 0.25) is 0 Å². The van der Waals surface area contributed by atoms with Crippen LogP contribution >= 0.6 is 0 Å². The van der Waals surface area contributed by atoms with Gasteiger partial charge in [0.1, 0.15) is 11.6 Å². The van der Waals surface area contributed by atoms with Crippen molar-refractivity contribution in [1.82, 2.24) is 14.5 Å². The van der Waals surface area contributed by atoms with E-state index in [-0.39, 0.29) is 27.9 Å². The first kappa shape index (κ1) is 23.5. The molecule has 184 valence electrons. The van der Waals surface area contributed by atoms with Crippen LogP contribution in [0, 0.1) is 0 Å². The minimum absolute atomic E-state index is 0.0269. The third-order valence-corrected chi connectivity index (χ3v) is 6.23. The van der Waals surface area contributed by atoms with Crippen molar-refractivity contribution in [3.63, 3.8) is 0 Å². The van der Waals surface area contributed by atoms with Crippen LogP contribution in [-0.2, 0) is 13.2 Å². The van der Waals surface area contributed by atoms with Crippen LogP contribution in [0.5, 0.6) is 0 Å². The second-order valence-corrected chi connectivity index (χ2v) is 8.63. The maximum Gasteiger partial charge on any atom is 0.416 e. The van der Waals surface area contributed by atoms with Gasteiger partial charge in [-0.2, -0.15) is 13.2 Å². The molecular weight excluding hydrogens is 471 g/mol. The molecule has 0 saturated carbocycles. The van der Waals surface area contributed by atoms with E-state index in [0.717, 1.165) is 43.9 Å². The summed E-state index contributed by atoms with van der Waals surface area (Å²) in [5.41, 5.74) is -0.423. The largest absolute Gasteiger partial charge is 0.416 e. The molecule has 0 atom stereocenters. The Morgan fingerprint density at radius 1 is 1.03 bits per heavy atom. The number of anilines is 2. The Morgan fingerprint density at radius 3 is 2.53 bits per heavy atom. The lowest BCUT2D eigenvalue weighted by Crippen LogP contribution is -2.22. The number of hydrogen-bond donors (Lipinski definition) is 1. The average molecular weight is 493 g/mol. The fourth-order valence-corrected chi connectivity index (χ4v) is 4.38. The van der Waals surface area contributed by atoms with Gasteiger partial charge in [-0.1, -0.05) is 18.2 Å². The van der Waals surface area contributed by atoms with Crippen molar-refractivity contribution < 1.29 is 18.0 Å². The summed E-state index contributed by atoms with van der Waals surface area (Å²) in [6, 6.07) is 12.7. The molecule has 0 aliphatic carbocycles. The Kier molecular flexibility index (Phi) is 5.95. The van der Waals surface area contributed by atoms with E-state index >= 15 is 0 Å². The van der Waals surface area contributed by atoms with Crippen LogP contribution in [-0.4, -0.2) is 33.5 Å². The third kappa shape index (κ3) is 4.41. The number of carbonyl (C=O) groups is 1. The zero-order chi connectivity index (χ0) is 25.4.